The molecule has 21 heavy (non-hydrogen) atoms. The van der Waals surface area contributed by atoms with Gasteiger partial charge >= 0.3 is 0 Å². The maximum Gasteiger partial charge on any atom is 0.175 e. The summed E-state index contributed by atoms with van der Waals surface area (Å²) in [6.45, 7) is 6.09. The highest BCUT2D eigenvalue weighted by Gasteiger charge is 2.06. The summed E-state index contributed by atoms with van der Waals surface area (Å²) in [6.07, 6.45) is 1.18. The molecule has 5 heteroatoms. The molecule has 0 heterocycles. The van der Waals surface area contributed by atoms with E-state index in [-0.39, 0.29) is 4.90 Å². The number of nitrogens with zero attached hydrogens (tertiary/aromatic N) is 2. The molecular weight excluding hydrogens is 284 g/mol. The molecule has 0 saturated carbocycles. The smallest absolute Gasteiger partial charge is 0.175 e. The summed E-state index contributed by atoms with van der Waals surface area (Å²) in [5, 5.41) is 8.41. The zero-order valence-electron chi connectivity index (χ0n) is 12.6. The van der Waals surface area contributed by atoms with Gasteiger partial charge in [0.1, 0.15) is 0 Å². The summed E-state index contributed by atoms with van der Waals surface area (Å²) in [7, 11) is -3.18. The topological polar surface area (TPSA) is 58.9 Å². The number of hydrogen-bond donors (Lipinski definition) is 0. The van der Waals surface area contributed by atoms with E-state index in [1.54, 1.807) is 12.1 Å². The molecule has 0 N–H and O–H groups in total. The highest BCUT2D eigenvalue weighted by molar-refractivity contribution is 7.90. The van der Waals surface area contributed by atoms with Gasteiger partial charge in [-0.15, -0.1) is 0 Å². The Bertz CT molecular complexity index is 792. The van der Waals surface area contributed by atoms with Crippen molar-refractivity contribution < 1.29 is 8.42 Å². The molecule has 0 unspecified atom stereocenters. The van der Waals surface area contributed by atoms with Crippen LogP contribution in [-0.4, -0.2) is 14.7 Å². The number of rotatable bonds is 3. The van der Waals surface area contributed by atoms with Crippen molar-refractivity contribution >= 4 is 21.2 Å². The van der Waals surface area contributed by atoms with E-state index in [0.717, 1.165) is 11.3 Å². The fourth-order valence-corrected chi connectivity index (χ4v) is 2.56. The summed E-state index contributed by atoms with van der Waals surface area (Å²) in [5.74, 6) is 0. The Kier molecular flexibility index (Phi) is 4.23. The number of hydrogen-bond acceptors (Lipinski definition) is 4. The molecule has 110 valence electrons. The fourth-order valence-electron chi connectivity index (χ4n) is 1.92. The second-order valence-corrected chi connectivity index (χ2v) is 7.20. The quantitative estimate of drug-likeness (QED) is 0.787. The van der Waals surface area contributed by atoms with E-state index < -0.39 is 9.84 Å². The van der Waals surface area contributed by atoms with Crippen LogP contribution in [0, 0.1) is 20.8 Å². The summed E-state index contributed by atoms with van der Waals surface area (Å²) >= 11 is 0. The SMILES string of the molecule is Cc1cc(C)c(N=Nc2ccc(S(C)(=O)=O)cc2)cc1C. The molecule has 0 aromatic heterocycles. The zero-order chi connectivity index (χ0) is 15.6. The van der Waals surface area contributed by atoms with Crippen molar-refractivity contribution in [2.75, 3.05) is 6.26 Å². The Hall–Kier alpha value is -2.01. The normalized spacial score (nSPS) is 12.0. The third-order valence-electron chi connectivity index (χ3n) is 3.35. The maximum atomic E-state index is 11.4. The van der Waals surface area contributed by atoms with Crippen molar-refractivity contribution in [2.24, 2.45) is 10.2 Å². The number of azo groups is 1. The highest BCUT2D eigenvalue weighted by Crippen LogP contribution is 2.25. The lowest BCUT2D eigenvalue weighted by Crippen LogP contribution is -1.95. The fraction of sp³-hybridized carbons (Fsp3) is 0.250. The minimum Gasteiger partial charge on any atom is -0.224 e. The predicted octanol–water partition coefficient (Wildman–Crippen LogP) is 4.43. The van der Waals surface area contributed by atoms with E-state index in [9.17, 15) is 8.42 Å². The Labute approximate surface area is 125 Å². The molecule has 0 aliphatic heterocycles. The van der Waals surface area contributed by atoms with Gasteiger partial charge in [-0.05, 0) is 67.8 Å². The molecule has 0 atom stereocenters. The van der Waals surface area contributed by atoms with Gasteiger partial charge in [0.25, 0.3) is 0 Å². The molecule has 0 saturated heterocycles. The Morgan fingerprint density at radius 2 is 1.38 bits per heavy atom. The van der Waals surface area contributed by atoms with Crippen LogP contribution < -0.4 is 0 Å². The van der Waals surface area contributed by atoms with Crippen LogP contribution in [0.3, 0.4) is 0 Å². The molecule has 0 fully saturated rings. The minimum atomic E-state index is -3.18. The third-order valence-corrected chi connectivity index (χ3v) is 4.48. The van der Waals surface area contributed by atoms with Gasteiger partial charge in [0.15, 0.2) is 9.84 Å². The summed E-state index contributed by atoms with van der Waals surface area (Å²) in [5.41, 5.74) is 4.91. The molecule has 2 aromatic rings. The maximum absolute atomic E-state index is 11.4. The van der Waals surface area contributed by atoms with E-state index in [0.29, 0.717) is 5.69 Å². The average Bonchev–Trinajstić information content (AvgIpc) is 2.41. The first kappa shape index (κ1) is 15.4. The van der Waals surface area contributed by atoms with E-state index in [4.69, 9.17) is 0 Å². The monoisotopic (exact) mass is 302 g/mol. The lowest BCUT2D eigenvalue weighted by molar-refractivity contribution is 0.602. The van der Waals surface area contributed by atoms with Crippen LogP contribution in [-0.2, 0) is 9.84 Å². The molecule has 2 aromatic carbocycles. The van der Waals surface area contributed by atoms with Crippen LogP contribution >= 0.6 is 0 Å². The first-order chi connectivity index (χ1) is 9.77. The molecule has 2 rings (SSSR count). The van der Waals surface area contributed by atoms with Crippen LogP contribution in [0.2, 0.25) is 0 Å². The lowest BCUT2D eigenvalue weighted by Gasteiger charge is -2.04. The van der Waals surface area contributed by atoms with E-state index >= 15 is 0 Å². The highest BCUT2D eigenvalue weighted by atomic mass is 32.2. The third kappa shape index (κ3) is 3.76. The summed E-state index contributed by atoms with van der Waals surface area (Å²) in [4.78, 5) is 0.281. The summed E-state index contributed by atoms with van der Waals surface area (Å²) < 4.78 is 22.8. The van der Waals surface area contributed by atoms with Crippen molar-refractivity contribution in [3.63, 3.8) is 0 Å². The minimum absolute atomic E-state index is 0.281. The number of sulfone groups is 1. The van der Waals surface area contributed by atoms with Crippen molar-refractivity contribution in [1.29, 1.82) is 0 Å². The Morgan fingerprint density at radius 3 is 1.95 bits per heavy atom. The van der Waals surface area contributed by atoms with Gasteiger partial charge < -0.3 is 0 Å². The van der Waals surface area contributed by atoms with Crippen molar-refractivity contribution in [2.45, 2.75) is 25.7 Å². The standard InChI is InChI=1S/C16H18N2O2S/c1-11-9-13(3)16(10-12(11)2)18-17-14-5-7-15(8-6-14)21(4,19)20/h5-10H,1-4H3. The molecule has 4 nitrogen and oxygen atoms in total. The van der Waals surface area contributed by atoms with Gasteiger partial charge in [-0.3, -0.25) is 0 Å². The van der Waals surface area contributed by atoms with E-state index in [1.165, 1.54) is 29.5 Å². The number of benzene rings is 2. The van der Waals surface area contributed by atoms with Crippen LogP contribution in [0.5, 0.6) is 0 Å². The molecule has 0 amide bonds. The molecule has 0 aliphatic carbocycles. The van der Waals surface area contributed by atoms with Gasteiger partial charge in [0, 0.05) is 6.26 Å². The van der Waals surface area contributed by atoms with Crippen LogP contribution in [0.1, 0.15) is 16.7 Å². The van der Waals surface area contributed by atoms with Gasteiger partial charge in [0.05, 0.1) is 16.3 Å². The zero-order valence-corrected chi connectivity index (χ0v) is 13.4. The van der Waals surface area contributed by atoms with Crippen LogP contribution in [0.25, 0.3) is 0 Å². The predicted molar refractivity (Wildman–Crippen MR) is 84.4 cm³/mol. The first-order valence-corrected chi connectivity index (χ1v) is 8.46. The van der Waals surface area contributed by atoms with Crippen LogP contribution in [0.15, 0.2) is 51.5 Å². The van der Waals surface area contributed by atoms with Crippen molar-refractivity contribution in [1.82, 2.24) is 0 Å². The van der Waals surface area contributed by atoms with Crippen molar-refractivity contribution in [3.8, 4) is 0 Å². The van der Waals surface area contributed by atoms with E-state index in [2.05, 4.69) is 23.2 Å². The van der Waals surface area contributed by atoms with Gasteiger partial charge in [0.2, 0.25) is 0 Å². The molecular formula is C16H18N2O2S. The molecule has 0 bridgehead atoms. The van der Waals surface area contributed by atoms with Gasteiger partial charge in [-0.1, -0.05) is 6.07 Å². The lowest BCUT2D eigenvalue weighted by atomic mass is 10.1. The molecule has 0 radical (unpaired) electrons. The average molecular weight is 302 g/mol. The van der Waals surface area contributed by atoms with Crippen LogP contribution in [0.4, 0.5) is 11.4 Å². The Morgan fingerprint density at radius 1 is 0.810 bits per heavy atom. The van der Waals surface area contributed by atoms with Gasteiger partial charge in [-0.25, -0.2) is 8.42 Å². The molecule has 0 aliphatic rings. The number of aryl methyl sites for hydroxylation is 3. The summed E-state index contributed by atoms with van der Waals surface area (Å²) in [6, 6.07) is 10.5. The van der Waals surface area contributed by atoms with Crippen molar-refractivity contribution in [3.05, 3.63) is 53.1 Å². The first-order valence-electron chi connectivity index (χ1n) is 6.57. The van der Waals surface area contributed by atoms with Gasteiger partial charge in [-0.2, -0.15) is 10.2 Å². The van der Waals surface area contributed by atoms with E-state index in [1.807, 2.05) is 19.9 Å². The molecule has 0 spiro atoms. The second kappa shape index (κ2) is 5.77. The second-order valence-electron chi connectivity index (χ2n) is 5.19. The Balaban J connectivity index is 2.28. The largest absolute Gasteiger partial charge is 0.224 e.